The lowest BCUT2D eigenvalue weighted by molar-refractivity contribution is -0.113. The molecule has 0 atom stereocenters. The van der Waals surface area contributed by atoms with Crippen LogP contribution in [0.4, 0.5) is 5.00 Å². The SMILES string of the molecule is CCOC(=O)c1c(NC(=O)CSc2nnc(CNC(=O)c3cccs3)n2C2CCCCC2)sc2c1CCC2. The van der Waals surface area contributed by atoms with Crippen LogP contribution in [0.1, 0.15) is 87.8 Å². The van der Waals surface area contributed by atoms with E-state index in [0.29, 0.717) is 33.0 Å². The minimum atomic E-state index is -0.374. The highest BCUT2D eigenvalue weighted by Gasteiger charge is 2.29. The zero-order chi connectivity index (χ0) is 26.5. The van der Waals surface area contributed by atoms with Crippen molar-refractivity contribution < 1.29 is 19.1 Å². The predicted molar refractivity (Wildman–Crippen MR) is 149 cm³/mol. The number of ether oxygens (including phenoxy) is 1. The number of thioether (sulfide) groups is 1. The predicted octanol–water partition coefficient (Wildman–Crippen LogP) is 5.23. The maximum Gasteiger partial charge on any atom is 0.341 e. The van der Waals surface area contributed by atoms with Crippen LogP contribution in [0.15, 0.2) is 22.7 Å². The third kappa shape index (κ3) is 5.97. The molecule has 1 saturated carbocycles. The van der Waals surface area contributed by atoms with E-state index in [9.17, 15) is 14.4 Å². The van der Waals surface area contributed by atoms with Gasteiger partial charge in [0.2, 0.25) is 5.91 Å². The number of amides is 2. The van der Waals surface area contributed by atoms with Crippen molar-refractivity contribution in [1.29, 1.82) is 0 Å². The number of carbonyl (C=O) groups excluding carboxylic acids is 3. The molecule has 1 fully saturated rings. The van der Waals surface area contributed by atoms with Gasteiger partial charge < -0.3 is 19.9 Å². The Hall–Kier alpha value is -2.70. The molecule has 2 aliphatic rings. The van der Waals surface area contributed by atoms with E-state index in [1.54, 1.807) is 13.0 Å². The molecular weight excluding hydrogens is 543 g/mol. The number of fused-ring (bicyclic) bond motifs is 1. The highest BCUT2D eigenvalue weighted by atomic mass is 32.2. The van der Waals surface area contributed by atoms with Crippen LogP contribution >= 0.6 is 34.4 Å². The number of hydrogen-bond donors (Lipinski definition) is 2. The summed E-state index contributed by atoms with van der Waals surface area (Å²) < 4.78 is 7.38. The summed E-state index contributed by atoms with van der Waals surface area (Å²) in [5.74, 6) is 0.125. The van der Waals surface area contributed by atoms with Crippen LogP contribution < -0.4 is 10.6 Å². The third-order valence-corrected chi connectivity index (χ3v) is 9.83. The fraction of sp³-hybridized carbons (Fsp3) is 0.500. The topological polar surface area (TPSA) is 115 Å². The first-order valence-corrected chi connectivity index (χ1v) is 15.7. The summed E-state index contributed by atoms with van der Waals surface area (Å²) in [5, 5.41) is 17.8. The smallest absolute Gasteiger partial charge is 0.341 e. The average Bonchev–Trinajstić information content (AvgIpc) is 3.71. The van der Waals surface area contributed by atoms with Crippen LogP contribution in [0, 0.1) is 0 Å². The van der Waals surface area contributed by atoms with Crippen molar-refractivity contribution in [2.75, 3.05) is 17.7 Å². The first-order chi connectivity index (χ1) is 18.5. The van der Waals surface area contributed by atoms with Crippen LogP contribution in [-0.4, -0.2) is 44.9 Å². The molecule has 2 amide bonds. The largest absolute Gasteiger partial charge is 0.462 e. The van der Waals surface area contributed by atoms with Crippen LogP contribution in [-0.2, 0) is 28.9 Å². The van der Waals surface area contributed by atoms with Gasteiger partial charge in [0.25, 0.3) is 5.91 Å². The van der Waals surface area contributed by atoms with E-state index >= 15 is 0 Å². The van der Waals surface area contributed by atoms with Crippen LogP contribution in [0.5, 0.6) is 0 Å². The van der Waals surface area contributed by atoms with Crippen molar-refractivity contribution in [1.82, 2.24) is 20.1 Å². The Morgan fingerprint density at radius 2 is 2.00 bits per heavy atom. The number of anilines is 1. The minimum absolute atomic E-state index is 0.132. The first kappa shape index (κ1) is 26.9. The van der Waals surface area contributed by atoms with Crippen molar-refractivity contribution in [2.24, 2.45) is 0 Å². The summed E-state index contributed by atoms with van der Waals surface area (Å²) >= 11 is 4.20. The van der Waals surface area contributed by atoms with Gasteiger partial charge in [0.05, 0.1) is 29.3 Å². The molecule has 38 heavy (non-hydrogen) atoms. The molecule has 5 rings (SSSR count). The van der Waals surface area contributed by atoms with Crippen molar-refractivity contribution in [2.45, 2.75) is 76.0 Å². The van der Waals surface area contributed by atoms with Gasteiger partial charge in [0.1, 0.15) is 5.00 Å². The zero-order valence-corrected chi connectivity index (χ0v) is 23.7. The average molecular weight is 574 g/mol. The summed E-state index contributed by atoms with van der Waals surface area (Å²) in [6, 6.07) is 3.89. The number of hydrogen-bond acceptors (Lipinski definition) is 9. The maximum absolute atomic E-state index is 13.0. The van der Waals surface area contributed by atoms with Gasteiger partial charge in [0.15, 0.2) is 11.0 Å². The summed E-state index contributed by atoms with van der Waals surface area (Å²) in [6.45, 7) is 2.35. The van der Waals surface area contributed by atoms with E-state index in [1.165, 1.54) is 40.9 Å². The molecule has 0 radical (unpaired) electrons. The molecule has 0 aliphatic heterocycles. The molecule has 12 heteroatoms. The second kappa shape index (κ2) is 12.4. The summed E-state index contributed by atoms with van der Waals surface area (Å²) in [7, 11) is 0. The monoisotopic (exact) mass is 573 g/mol. The van der Waals surface area contributed by atoms with Gasteiger partial charge in [-0.15, -0.1) is 32.9 Å². The Kier molecular flexibility index (Phi) is 8.80. The summed E-state index contributed by atoms with van der Waals surface area (Å²) in [4.78, 5) is 39.9. The second-order valence-corrected chi connectivity index (χ2v) is 12.3. The van der Waals surface area contributed by atoms with Gasteiger partial charge >= 0.3 is 5.97 Å². The molecule has 202 valence electrons. The molecule has 0 aromatic carbocycles. The Labute approximate surface area is 233 Å². The van der Waals surface area contributed by atoms with Crippen molar-refractivity contribution in [3.05, 3.63) is 44.2 Å². The second-order valence-electron chi connectivity index (χ2n) is 9.34. The molecule has 0 bridgehead atoms. The van der Waals surface area contributed by atoms with E-state index in [4.69, 9.17) is 4.74 Å². The zero-order valence-electron chi connectivity index (χ0n) is 21.3. The van der Waals surface area contributed by atoms with Gasteiger partial charge in [-0.1, -0.05) is 37.1 Å². The lowest BCUT2D eigenvalue weighted by Gasteiger charge is -2.25. The van der Waals surface area contributed by atoms with Gasteiger partial charge in [-0.25, -0.2) is 4.79 Å². The van der Waals surface area contributed by atoms with Crippen LogP contribution in [0.25, 0.3) is 0 Å². The number of nitrogens with one attached hydrogen (secondary N) is 2. The highest BCUT2D eigenvalue weighted by molar-refractivity contribution is 7.99. The summed E-state index contributed by atoms with van der Waals surface area (Å²) in [5.41, 5.74) is 1.53. The van der Waals surface area contributed by atoms with Gasteiger partial charge in [0, 0.05) is 10.9 Å². The molecule has 0 saturated heterocycles. The highest BCUT2D eigenvalue weighted by Crippen LogP contribution is 2.40. The fourth-order valence-corrected chi connectivity index (χ4v) is 7.85. The van der Waals surface area contributed by atoms with Crippen LogP contribution in [0.3, 0.4) is 0 Å². The standard InChI is InChI=1S/C26H31N5O4S3/c1-2-35-25(34)22-17-10-6-11-18(17)38-24(22)28-21(32)15-37-26-30-29-20(31(26)16-8-4-3-5-9-16)14-27-23(33)19-12-7-13-36-19/h7,12-13,16H,2-6,8-11,14-15H2,1H3,(H,27,33)(H,28,32). The Morgan fingerprint density at radius 1 is 1.16 bits per heavy atom. The van der Waals surface area contributed by atoms with E-state index in [1.807, 2.05) is 11.4 Å². The lowest BCUT2D eigenvalue weighted by atomic mass is 9.95. The first-order valence-electron chi connectivity index (χ1n) is 13.0. The molecule has 3 aromatic heterocycles. The minimum Gasteiger partial charge on any atom is -0.462 e. The molecule has 0 spiro atoms. The quantitative estimate of drug-likeness (QED) is 0.252. The lowest BCUT2D eigenvalue weighted by Crippen LogP contribution is -2.26. The maximum atomic E-state index is 13.0. The Balaban J connectivity index is 1.27. The molecule has 2 aliphatic carbocycles. The molecule has 0 unspecified atom stereocenters. The Bertz CT molecular complexity index is 1290. The Morgan fingerprint density at radius 3 is 2.76 bits per heavy atom. The number of aryl methyl sites for hydroxylation is 1. The molecular formula is C26H31N5O4S3. The molecule has 3 heterocycles. The van der Waals surface area contributed by atoms with Crippen LogP contribution in [0.2, 0.25) is 0 Å². The van der Waals surface area contributed by atoms with Gasteiger partial charge in [-0.3, -0.25) is 9.59 Å². The number of esters is 1. The number of nitrogens with zero attached hydrogens (tertiary/aromatic N) is 3. The fourth-order valence-electron chi connectivity index (χ4n) is 5.09. The third-order valence-electron chi connectivity index (χ3n) is 6.81. The normalized spacial score (nSPS) is 15.3. The number of rotatable bonds is 10. The van der Waals surface area contributed by atoms with Crippen molar-refractivity contribution >= 4 is 57.2 Å². The van der Waals surface area contributed by atoms with Crippen molar-refractivity contribution in [3.8, 4) is 0 Å². The number of thiophene rings is 2. The molecule has 9 nitrogen and oxygen atoms in total. The van der Waals surface area contributed by atoms with Crippen molar-refractivity contribution in [3.63, 3.8) is 0 Å². The molecule has 2 N–H and O–H groups in total. The van der Waals surface area contributed by atoms with Gasteiger partial charge in [-0.2, -0.15) is 0 Å². The summed E-state index contributed by atoms with van der Waals surface area (Å²) in [6.07, 6.45) is 8.29. The van der Waals surface area contributed by atoms with Gasteiger partial charge in [-0.05, 0) is 56.0 Å². The number of carbonyl (C=O) groups is 3. The van der Waals surface area contributed by atoms with E-state index in [0.717, 1.165) is 55.4 Å². The van der Waals surface area contributed by atoms with E-state index in [-0.39, 0.29) is 36.1 Å². The van der Waals surface area contributed by atoms with E-state index in [2.05, 4.69) is 25.4 Å². The van der Waals surface area contributed by atoms with E-state index < -0.39 is 0 Å². The molecule has 3 aromatic rings. The number of aromatic nitrogens is 3.